The molecule has 0 aromatic heterocycles. The Bertz CT molecular complexity index is 544. The van der Waals surface area contributed by atoms with Crippen molar-refractivity contribution in [3.63, 3.8) is 0 Å². The fourth-order valence-corrected chi connectivity index (χ4v) is 3.96. The van der Waals surface area contributed by atoms with Crippen LogP contribution in [0, 0.1) is 12.5 Å². The minimum Gasteiger partial charge on any atom is -0.388 e. The molecule has 9 atom stereocenters. The van der Waals surface area contributed by atoms with Crippen LogP contribution in [0.2, 0.25) is 0 Å². The maximum absolute atomic E-state index is 12.8. The van der Waals surface area contributed by atoms with Gasteiger partial charge in [0.1, 0.15) is 24.4 Å². The zero-order valence-electron chi connectivity index (χ0n) is 15.7. The smallest absolute Gasteiger partial charge is 0.237 e. The quantitative estimate of drug-likeness (QED) is 0.316. The van der Waals surface area contributed by atoms with Crippen molar-refractivity contribution in [2.45, 2.75) is 81.1 Å². The van der Waals surface area contributed by atoms with Crippen molar-refractivity contribution < 1.29 is 24.9 Å². The molecular formula is C18H30ClN3O5. The molecule has 0 spiro atoms. The van der Waals surface area contributed by atoms with Crippen molar-refractivity contribution in [1.82, 2.24) is 10.6 Å². The fraction of sp³-hybridized carbons (Fsp3) is 0.889. The number of nitrogens with one attached hydrogen (secondary N) is 2. The maximum Gasteiger partial charge on any atom is 0.237 e. The van der Waals surface area contributed by atoms with E-state index in [-0.39, 0.29) is 11.8 Å². The van der Waals surface area contributed by atoms with E-state index in [1.807, 2.05) is 0 Å². The predicted molar refractivity (Wildman–Crippen MR) is 100 cm³/mol. The molecule has 0 bridgehead atoms. The lowest BCUT2D eigenvalue weighted by atomic mass is 9.90. The number of aliphatic hydroxyl groups is 3. The predicted octanol–water partition coefficient (Wildman–Crippen LogP) is -0.354. The van der Waals surface area contributed by atoms with Crippen LogP contribution in [-0.4, -0.2) is 82.3 Å². The van der Waals surface area contributed by atoms with Gasteiger partial charge in [0.2, 0.25) is 12.5 Å². The number of nitrogens with zero attached hydrogens (tertiary/aromatic N) is 1. The number of aliphatic hydroxyl groups excluding tert-OH is 3. The lowest BCUT2D eigenvalue weighted by Gasteiger charge is -2.43. The average molecular weight is 404 g/mol. The molecule has 27 heavy (non-hydrogen) atoms. The maximum atomic E-state index is 12.8. The van der Waals surface area contributed by atoms with Gasteiger partial charge in [0.15, 0.2) is 0 Å². The van der Waals surface area contributed by atoms with Crippen molar-refractivity contribution >= 4 is 17.5 Å². The fourth-order valence-electron chi connectivity index (χ4n) is 3.75. The number of carbonyl (C=O) groups excluding carboxylic acids is 1. The molecule has 2 heterocycles. The van der Waals surface area contributed by atoms with Crippen LogP contribution in [0.1, 0.15) is 33.1 Å². The van der Waals surface area contributed by atoms with E-state index in [0.717, 1.165) is 12.8 Å². The van der Waals surface area contributed by atoms with Gasteiger partial charge in [-0.15, -0.1) is 11.6 Å². The van der Waals surface area contributed by atoms with Gasteiger partial charge in [0, 0.05) is 5.92 Å². The van der Waals surface area contributed by atoms with Crippen LogP contribution < -0.4 is 10.6 Å². The van der Waals surface area contributed by atoms with E-state index in [1.54, 1.807) is 13.8 Å². The molecule has 2 aliphatic heterocycles. The number of ether oxygens (including phenoxy) is 1. The molecule has 0 aliphatic carbocycles. The number of rotatable bonds is 5. The Labute approximate surface area is 165 Å². The highest BCUT2D eigenvalue weighted by atomic mass is 35.5. The van der Waals surface area contributed by atoms with Crippen LogP contribution in [0.5, 0.6) is 0 Å². The molecule has 9 heteroatoms. The van der Waals surface area contributed by atoms with Gasteiger partial charge in [0.05, 0.1) is 23.6 Å². The molecule has 8 unspecified atom stereocenters. The van der Waals surface area contributed by atoms with Gasteiger partial charge in [-0.1, -0.05) is 0 Å². The van der Waals surface area contributed by atoms with Crippen molar-refractivity contribution in [1.29, 1.82) is 0 Å². The summed E-state index contributed by atoms with van der Waals surface area (Å²) in [6.45, 7) is 11.4. The number of alkyl halides is 1. The molecule has 0 aromatic carbocycles. The van der Waals surface area contributed by atoms with Crippen molar-refractivity contribution in [2.75, 3.05) is 13.1 Å². The summed E-state index contributed by atoms with van der Waals surface area (Å²) >= 11 is 6.25. The van der Waals surface area contributed by atoms with Crippen molar-refractivity contribution in [2.24, 2.45) is 5.92 Å². The molecule has 2 saturated heterocycles. The third kappa shape index (κ3) is 5.53. The van der Waals surface area contributed by atoms with E-state index in [4.69, 9.17) is 22.9 Å². The average Bonchev–Trinajstić information content (AvgIpc) is 2.87. The summed E-state index contributed by atoms with van der Waals surface area (Å²) in [6.07, 6.45) is -3.33. The first kappa shape index (κ1) is 22.3. The van der Waals surface area contributed by atoms with E-state index in [1.165, 1.54) is 0 Å². The highest BCUT2D eigenvalue weighted by Crippen LogP contribution is 2.26. The van der Waals surface area contributed by atoms with E-state index < -0.39 is 48.0 Å². The van der Waals surface area contributed by atoms with Crippen LogP contribution in [0.3, 0.4) is 0 Å². The number of halogens is 1. The standard InChI is InChI=1S/C18H30ClN3O5/c1-9(19)13(17-16(25)15(24)14(23)10(2)27-17)22-18(26)12-5-4-11(8-20-3)6-7-21-12/h9-17,21,23-25H,4-8H2,1-2H3,(H,22,26)/t9?,10?,11-,12?,13?,14?,15?,16?,17?/m1/s1. The molecule has 5 N–H and O–H groups in total. The molecular weight excluding hydrogens is 374 g/mol. The summed E-state index contributed by atoms with van der Waals surface area (Å²) in [6, 6.07) is -1.14. The van der Waals surface area contributed by atoms with Gasteiger partial charge in [0.25, 0.3) is 0 Å². The van der Waals surface area contributed by atoms with E-state index in [9.17, 15) is 20.1 Å². The topological polar surface area (TPSA) is 115 Å². The minimum absolute atomic E-state index is 0.250. The van der Waals surface area contributed by atoms with E-state index in [2.05, 4.69) is 15.5 Å². The Morgan fingerprint density at radius 2 is 2.00 bits per heavy atom. The Kier molecular flexibility index (Phi) is 8.28. The van der Waals surface area contributed by atoms with Gasteiger partial charge in [-0.2, -0.15) is 0 Å². The lowest BCUT2D eigenvalue weighted by molar-refractivity contribution is -0.223. The largest absolute Gasteiger partial charge is 0.388 e. The molecule has 154 valence electrons. The lowest BCUT2D eigenvalue weighted by Crippen LogP contribution is -2.65. The van der Waals surface area contributed by atoms with Crippen molar-refractivity contribution in [3.8, 4) is 0 Å². The van der Waals surface area contributed by atoms with Crippen LogP contribution >= 0.6 is 11.6 Å². The molecule has 2 aliphatic rings. The third-order valence-electron chi connectivity index (χ3n) is 5.52. The summed E-state index contributed by atoms with van der Waals surface area (Å²) in [5, 5.41) is 35.7. The number of carbonyl (C=O) groups is 1. The summed E-state index contributed by atoms with van der Waals surface area (Å²) in [5.74, 6) is 0.0385. The second-order valence-corrected chi connectivity index (χ2v) is 8.26. The Morgan fingerprint density at radius 1 is 1.30 bits per heavy atom. The number of hydrogen-bond acceptors (Lipinski definition) is 6. The highest BCUT2D eigenvalue weighted by molar-refractivity contribution is 6.21. The summed E-state index contributed by atoms with van der Waals surface area (Å²) in [7, 11) is 0. The molecule has 2 fully saturated rings. The Morgan fingerprint density at radius 3 is 2.63 bits per heavy atom. The van der Waals surface area contributed by atoms with Crippen LogP contribution in [0.4, 0.5) is 0 Å². The monoisotopic (exact) mass is 403 g/mol. The number of hydrogen-bond donors (Lipinski definition) is 5. The third-order valence-corrected chi connectivity index (χ3v) is 5.79. The van der Waals surface area contributed by atoms with E-state index in [0.29, 0.717) is 19.5 Å². The first-order valence-corrected chi connectivity index (χ1v) is 9.90. The van der Waals surface area contributed by atoms with Crippen LogP contribution in [0.25, 0.3) is 4.85 Å². The SMILES string of the molecule is [C-]#[N+]C[C@H]1CCNC(C(=O)NC(C(C)Cl)C2OC(C)C(O)C(O)C2O)CC1. The van der Waals surface area contributed by atoms with Gasteiger partial charge < -0.3 is 35.5 Å². The first-order chi connectivity index (χ1) is 12.8. The molecule has 0 radical (unpaired) electrons. The molecule has 1 amide bonds. The van der Waals surface area contributed by atoms with E-state index >= 15 is 0 Å². The summed E-state index contributed by atoms with van der Waals surface area (Å²) in [5.41, 5.74) is 0. The van der Waals surface area contributed by atoms with Crippen LogP contribution in [-0.2, 0) is 9.53 Å². The Balaban J connectivity index is 2.03. The number of amides is 1. The zero-order valence-corrected chi connectivity index (χ0v) is 16.5. The second kappa shape index (κ2) is 10.0. The normalized spacial score (nSPS) is 39.7. The molecule has 0 aromatic rings. The van der Waals surface area contributed by atoms with Gasteiger partial charge in [-0.3, -0.25) is 4.79 Å². The highest BCUT2D eigenvalue weighted by Gasteiger charge is 2.46. The first-order valence-electron chi connectivity index (χ1n) is 9.47. The van der Waals surface area contributed by atoms with Gasteiger partial charge in [-0.05, 0) is 39.7 Å². The Hall–Kier alpha value is -0.950. The molecule has 0 saturated carbocycles. The minimum atomic E-state index is -1.38. The molecule has 8 nitrogen and oxygen atoms in total. The summed E-state index contributed by atoms with van der Waals surface area (Å²) in [4.78, 5) is 16.2. The summed E-state index contributed by atoms with van der Waals surface area (Å²) < 4.78 is 5.65. The van der Waals surface area contributed by atoms with Crippen LogP contribution in [0.15, 0.2) is 0 Å². The second-order valence-electron chi connectivity index (χ2n) is 7.57. The van der Waals surface area contributed by atoms with Gasteiger partial charge in [-0.25, -0.2) is 6.57 Å². The zero-order chi connectivity index (χ0) is 20.1. The van der Waals surface area contributed by atoms with Crippen molar-refractivity contribution in [3.05, 3.63) is 11.4 Å². The van der Waals surface area contributed by atoms with Gasteiger partial charge >= 0.3 is 0 Å². The molecule has 2 rings (SSSR count).